The second-order valence-electron chi connectivity index (χ2n) is 10.9. The average Bonchev–Trinajstić information content (AvgIpc) is 3.18. The van der Waals surface area contributed by atoms with E-state index in [1.54, 1.807) is 4.90 Å². The van der Waals surface area contributed by atoms with E-state index in [0.717, 1.165) is 25.6 Å². The first-order valence-corrected chi connectivity index (χ1v) is 14.4. The third-order valence-corrected chi connectivity index (χ3v) is 7.55. The van der Waals surface area contributed by atoms with Crippen molar-refractivity contribution in [2.45, 2.75) is 123 Å². The fourth-order valence-corrected chi connectivity index (χ4v) is 5.53. The minimum absolute atomic E-state index is 0. The van der Waals surface area contributed by atoms with Gasteiger partial charge in [0.15, 0.2) is 0 Å². The Bertz CT molecular complexity index is 568. The Morgan fingerprint density at radius 3 is 1.88 bits per heavy atom. The highest BCUT2D eigenvalue weighted by molar-refractivity contribution is 5.14. The number of hydrogen-bond donors (Lipinski definition) is 2. The minimum Gasteiger partial charge on any atom is -1.00 e. The summed E-state index contributed by atoms with van der Waals surface area (Å²) in [5.74, 6) is 0.879. The zero-order valence-corrected chi connectivity index (χ0v) is 23.2. The van der Waals surface area contributed by atoms with Crippen LogP contribution >= 0.6 is 0 Å². The molecule has 1 aromatic rings. The number of nitrogens with zero attached hydrogens (tertiary/aromatic N) is 1. The normalized spacial score (nSPS) is 18.5. The molecule has 2 rings (SSSR count). The van der Waals surface area contributed by atoms with Crippen molar-refractivity contribution < 1.29 is 22.4 Å². The molecule has 2 unspecified atom stereocenters. The lowest BCUT2D eigenvalue weighted by atomic mass is 10.0. The summed E-state index contributed by atoms with van der Waals surface area (Å²) in [4.78, 5) is 4.25. The number of quaternary nitrogens is 1. The minimum atomic E-state index is 0. The Balaban J connectivity index is 0.00000578. The van der Waals surface area contributed by atoms with Gasteiger partial charge in [0.2, 0.25) is 0 Å². The standard InChI is InChI=1S/C30H54N2O.ClH/c1-28(2)19-15-12-10-8-6-4-3-5-7-9-11-13-18-22-30-31(25-26-33)23-24-32(30)27-29-20-16-14-17-21-29;/h14,16-17,20-21,28,30,33H,3-13,15,18-19,22-27H2,1-2H3;1H. The monoisotopic (exact) mass is 494 g/mol. The summed E-state index contributed by atoms with van der Waals surface area (Å²) in [7, 11) is 0. The first-order valence-electron chi connectivity index (χ1n) is 14.4. The number of hydrogen-bond acceptors (Lipinski definition) is 2. The number of benzene rings is 1. The van der Waals surface area contributed by atoms with E-state index < -0.39 is 0 Å². The van der Waals surface area contributed by atoms with Crippen LogP contribution in [0.1, 0.15) is 116 Å². The summed E-state index contributed by atoms with van der Waals surface area (Å²) in [6, 6.07) is 10.9. The van der Waals surface area contributed by atoms with E-state index in [0.29, 0.717) is 12.8 Å². The van der Waals surface area contributed by atoms with Crippen LogP contribution in [0.2, 0.25) is 0 Å². The summed E-state index contributed by atoms with van der Waals surface area (Å²) >= 11 is 0. The zero-order chi connectivity index (χ0) is 23.6. The van der Waals surface area contributed by atoms with Gasteiger partial charge in [0.1, 0.15) is 12.7 Å². The van der Waals surface area contributed by atoms with Gasteiger partial charge in [-0.1, -0.05) is 128 Å². The third-order valence-electron chi connectivity index (χ3n) is 7.55. The van der Waals surface area contributed by atoms with Gasteiger partial charge in [-0.15, -0.1) is 0 Å². The molecule has 198 valence electrons. The molecule has 0 saturated carbocycles. The molecule has 2 N–H and O–H groups in total. The van der Waals surface area contributed by atoms with E-state index in [1.807, 2.05) is 0 Å². The second-order valence-corrected chi connectivity index (χ2v) is 10.9. The highest BCUT2D eigenvalue weighted by atomic mass is 35.5. The van der Waals surface area contributed by atoms with Crippen LogP contribution in [0, 0.1) is 5.92 Å². The van der Waals surface area contributed by atoms with E-state index >= 15 is 0 Å². The highest BCUT2D eigenvalue weighted by Crippen LogP contribution is 2.16. The van der Waals surface area contributed by atoms with Gasteiger partial charge >= 0.3 is 0 Å². The van der Waals surface area contributed by atoms with Crippen molar-refractivity contribution in [2.24, 2.45) is 5.92 Å². The van der Waals surface area contributed by atoms with Crippen molar-refractivity contribution in [2.75, 3.05) is 26.2 Å². The first-order chi connectivity index (χ1) is 16.2. The molecule has 1 saturated heterocycles. The number of halogens is 1. The molecule has 0 amide bonds. The maximum absolute atomic E-state index is 9.49. The van der Waals surface area contributed by atoms with E-state index in [9.17, 15) is 5.11 Å². The van der Waals surface area contributed by atoms with Gasteiger partial charge in [0.05, 0.1) is 19.7 Å². The average molecular weight is 495 g/mol. The summed E-state index contributed by atoms with van der Waals surface area (Å²) < 4.78 is 0. The maximum atomic E-state index is 9.49. The van der Waals surface area contributed by atoms with Crippen LogP contribution in [0.15, 0.2) is 30.3 Å². The van der Waals surface area contributed by atoms with Crippen molar-refractivity contribution in [3.05, 3.63) is 35.9 Å². The highest BCUT2D eigenvalue weighted by Gasteiger charge is 2.34. The molecular formula is C30H55ClN2O. The van der Waals surface area contributed by atoms with Gasteiger partial charge in [0.25, 0.3) is 0 Å². The van der Waals surface area contributed by atoms with Crippen molar-refractivity contribution >= 4 is 0 Å². The second kappa shape index (κ2) is 20.6. The molecule has 1 aromatic carbocycles. The number of aliphatic hydroxyl groups excluding tert-OH is 1. The van der Waals surface area contributed by atoms with Crippen LogP contribution in [0.4, 0.5) is 0 Å². The van der Waals surface area contributed by atoms with Gasteiger partial charge in [-0.2, -0.15) is 0 Å². The number of rotatable bonds is 20. The fourth-order valence-electron chi connectivity index (χ4n) is 5.53. The van der Waals surface area contributed by atoms with Gasteiger partial charge < -0.3 is 22.4 Å². The van der Waals surface area contributed by atoms with Gasteiger partial charge in [-0.05, 0) is 17.9 Å². The molecule has 0 aliphatic carbocycles. The molecule has 0 radical (unpaired) electrons. The molecule has 2 atom stereocenters. The van der Waals surface area contributed by atoms with Crippen LogP contribution < -0.4 is 17.3 Å². The molecule has 1 aliphatic rings. The van der Waals surface area contributed by atoms with E-state index in [2.05, 4.69) is 49.1 Å². The van der Waals surface area contributed by atoms with Crippen LogP contribution in [0.3, 0.4) is 0 Å². The Hall–Kier alpha value is -0.610. The number of nitrogens with one attached hydrogen (secondary N) is 1. The van der Waals surface area contributed by atoms with Crippen LogP contribution in [0.5, 0.6) is 0 Å². The predicted octanol–water partition coefficient (Wildman–Crippen LogP) is 3.22. The van der Waals surface area contributed by atoms with Crippen LogP contribution in [-0.2, 0) is 6.54 Å². The summed E-state index contributed by atoms with van der Waals surface area (Å²) in [6.45, 7) is 9.27. The third kappa shape index (κ3) is 14.1. The summed E-state index contributed by atoms with van der Waals surface area (Å²) in [5.41, 5.74) is 1.42. The van der Waals surface area contributed by atoms with Gasteiger partial charge in [0, 0.05) is 13.0 Å². The fraction of sp³-hybridized carbons (Fsp3) is 0.800. The lowest BCUT2D eigenvalue weighted by Gasteiger charge is -2.27. The molecule has 1 heterocycles. The smallest absolute Gasteiger partial charge is 0.144 e. The van der Waals surface area contributed by atoms with Crippen molar-refractivity contribution in [3.8, 4) is 0 Å². The van der Waals surface area contributed by atoms with Crippen LogP contribution in [-0.4, -0.2) is 42.4 Å². The van der Waals surface area contributed by atoms with Crippen molar-refractivity contribution in [1.82, 2.24) is 4.90 Å². The van der Waals surface area contributed by atoms with Crippen molar-refractivity contribution in [3.63, 3.8) is 0 Å². The SMILES string of the molecule is CC(C)CCCCCCCCCCCCCCCC1N(Cc2ccccc2)CC[NH+]1CCO.[Cl-]. The number of unbranched alkanes of at least 4 members (excludes halogenated alkanes) is 12. The Kier molecular flexibility index (Phi) is 19.0. The Morgan fingerprint density at radius 2 is 1.35 bits per heavy atom. The zero-order valence-electron chi connectivity index (χ0n) is 22.5. The topological polar surface area (TPSA) is 27.9 Å². The quantitative estimate of drug-likeness (QED) is 0.272. The molecule has 3 nitrogen and oxygen atoms in total. The van der Waals surface area contributed by atoms with Crippen molar-refractivity contribution in [1.29, 1.82) is 0 Å². The first kappa shape index (κ1) is 31.4. The molecule has 4 heteroatoms. The van der Waals surface area contributed by atoms with Gasteiger partial charge in [-0.25, -0.2) is 4.90 Å². The lowest BCUT2D eigenvalue weighted by molar-refractivity contribution is -0.919. The largest absolute Gasteiger partial charge is 1.00 e. The van der Waals surface area contributed by atoms with E-state index in [1.165, 1.54) is 108 Å². The van der Waals surface area contributed by atoms with Crippen LogP contribution in [0.25, 0.3) is 0 Å². The Labute approximate surface area is 218 Å². The molecule has 1 fully saturated rings. The molecule has 0 bridgehead atoms. The number of aliphatic hydroxyl groups is 1. The van der Waals surface area contributed by atoms with Gasteiger partial charge in [-0.3, -0.25) is 0 Å². The lowest BCUT2D eigenvalue weighted by Crippen LogP contribution is -3.15. The maximum Gasteiger partial charge on any atom is 0.144 e. The van der Waals surface area contributed by atoms with E-state index in [-0.39, 0.29) is 12.4 Å². The Morgan fingerprint density at radius 1 is 0.824 bits per heavy atom. The summed E-state index contributed by atoms with van der Waals surface area (Å²) in [6.07, 6.45) is 21.8. The summed E-state index contributed by atoms with van der Waals surface area (Å²) in [5, 5.41) is 9.49. The molecular weight excluding hydrogens is 440 g/mol. The molecule has 1 aliphatic heterocycles. The molecule has 0 spiro atoms. The molecule has 34 heavy (non-hydrogen) atoms. The predicted molar refractivity (Wildman–Crippen MR) is 143 cm³/mol. The van der Waals surface area contributed by atoms with E-state index in [4.69, 9.17) is 0 Å². The molecule has 0 aromatic heterocycles.